The molecule has 0 spiro atoms. The van der Waals surface area contributed by atoms with E-state index in [0.717, 1.165) is 54.9 Å². The fourth-order valence-electron chi connectivity index (χ4n) is 3.32. The number of nitrogens with one attached hydrogen (secondary N) is 3. The van der Waals surface area contributed by atoms with Crippen molar-refractivity contribution in [3.05, 3.63) is 30.0 Å². The molecule has 0 radical (unpaired) electrons. The summed E-state index contributed by atoms with van der Waals surface area (Å²) in [7, 11) is 1.63. The van der Waals surface area contributed by atoms with Gasteiger partial charge in [0.2, 0.25) is 5.78 Å². The molecular weight excluding hydrogens is 294 g/mol. The second kappa shape index (κ2) is 7.12. The van der Waals surface area contributed by atoms with Crippen LogP contribution in [0.4, 0.5) is 0 Å². The van der Waals surface area contributed by atoms with Crippen molar-refractivity contribution in [2.45, 2.75) is 0 Å². The maximum Gasteiger partial charge on any atom is 0.219 e. The zero-order chi connectivity index (χ0) is 16.2. The second-order valence-electron chi connectivity index (χ2n) is 6.19. The Morgan fingerprint density at radius 1 is 1.26 bits per heavy atom. The number of aliphatic hydroxyl groups excluding tert-OH is 1. The third-order valence-corrected chi connectivity index (χ3v) is 4.73. The number of aliphatic hydroxyl groups is 1. The Morgan fingerprint density at radius 2 is 2.00 bits per heavy atom. The van der Waals surface area contributed by atoms with Gasteiger partial charge in [0.1, 0.15) is 45.0 Å². The van der Waals surface area contributed by atoms with Gasteiger partial charge in [-0.1, -0.05) is 0 Å². The minimum atomic E-state index is 0.171. The van der Waals surface area contributed by atoms with E-state index in [-0.39, 0.29) is 12.4 Å². The Hall–Kier alpha value is -1.89. The number of ether oxygens (including phenoxy) is 1. The Morgan fingerprint density at radius 3 is 2.70 bits per heavy atom. The van der Waals surface area contributed by atoms with Crippen molar-refractivity contribution >= 4 is 16.7 Å². The van der Waals surface area contributed by atoms with Crippen LogP contribution in [0.15, 0.2) is 24.4 Å². The molecule has 2 aromatic rings. The van der Waals surface area contributed by atoms with Crippen molar-refractivity contribution in [2.24, 2.45) is 0 Å². The van der Waals surface area contributed by atoms with E-state index in [2.05, 4.69) is 4.98 Å². The molecule has 0 bridgehead atoms. The number of quaternary nitrogens is 2. The maximum absolute atomic E-state index is 12.7. The van der Waals surface area contributed by atoms with E-state index >= 15 is 0 Å². The largest absolute Gasteiger partial charge is 0.497 e. The van der Waals surface area contributed by atoms with Gasteiger partial charge < -0.3 is 24.6 Å². The number of rotatable bonds is 6. The van der Waals surface area contributed by atoms with E-state index in [1.165, 1.54) is 9.80 Å². The highest BCUT2D eigenvalue weighted by Gasteiger charge is 2.25. The van der Waals surface area contributed by atoms with Gasteiger partial charge in [0.05, 0.1) is 13.7 Å². The van der Waals surface area contributed by atoms with Crippen LogP contribution in [0, 0.1) is 0 Å². The van der Waals surface area contributed by atoms with Crippen molar-refractivity contribution < 1.29 is 24.4 Å². The molecule has 1 aromatic heterocycles. The quantitative estimate of drug-likeness (QED) is 0.472. The molecule has 6 heteroatoms. The van der Waals surface area contributed by atoms with Crippen LogP contribution in [0.2, 0.25) is 0 Å². The van der Waals surface area contributed by atoms with Crippen LogP contribution in [0.25, 0.3) is 10.9 Å². The average Bonchev–Trinajstić information content (AvgIpc) is 3.00. The number of carbonyl (C=O) groups excluding carboxylic acids is 1. The van der Waals surface area contributed by atoms with Gasteiger partial charge in [-0.05, 0) is 18.2 Å². The Kier molecular flexibility index (Phi) is 4.95. The van der Waals surface area contributed by atoms with Crippen LogP contribution in [0.1, 0.15) is 10.4 Å². The minimum Gasteiger partial charge on any atom is -0.497 e. The van der Waals surface area contributed by atoms with E-state index in [1.807, 2.05) is 18.2 Å². The number of carbonyl (C=O) groups is 1. The van der Waals surface area contributed by atoms with Gasteiger partial charge in [-0.3, -0.25) is 4.79 Å². The standard InChI is InChI=1S/C17H23N3O3/c1-23-13-2-3-16-14(10-13)15(11-18-16)17(22)12-20-6-4-19(5-7-20)8-9-21/h2-3,10-11,18,21H,4-9,12H2,1H3/p+2. The number of H-pyrrole nitrogens is 1. The number of hydrogen-bond acceptors (Lipinski definition) is 3. The molecule has 2 heterocycles. The van der Waals surface area contributed by atoms with Crippen LogP contribution >= 0.6 is 0 Å². The lowest BCUT2D eigenvalue weighted by atomic mass is 10.1. The molecule has 4 N–H and O–H groups in total. The van der Waals surface area contributed by atoms with Gasteiger partial charge in [-0.2, -0.15) is 0 Å². The summed E-state index contributed by atoms with van der Waals surface area (Å²) in [5.41, 5.74) is 1.71. The smallest absolute Gasteiger partial charge is 0.219 e. The molecule has 1 fully saturated rings. The monoisotopic (exact) mass is 319 g/mol. The number of fused-ring (bicyclic) bond motifs is 1. The highest BCUT2D eigenvalue weighted by Crippen LogP contribution is 2.23. The first kappa shape index (κ1) is 16.0. The summed E-state index contributed by atoms with van der Waals surface area (Å²) in [6.07, 6.45) is 1.80. The van der Waals surface area contributed by atoms with E-state index in [9.17, 15) is 4.79 Å². The van der Waals surface area contributed by atoms with Crippen LogP contribution in [0.5, 0.6) is 5.75 Å². The molecule has 124 valence electrons. The van der Waals surface area contributed by atoms with Crippen molar-refractivity contribution in [1.29, 1.82) is 0 Å². The van der Waals surface area contributed by atoms with Gasteiger partial charge in [-0.15, -0.1) is 0 Å². The molecule has 1 aliphatic heterocycles. The van der Waals surface area contributed by atoms with E-state index in [0.29, 0.717) is 6.54 Å². The van der Waals surface area contributed by atoms with Gasteiger partial charge in [0.25, 0.3) is 0 Å². The molecule has 1 aromatic carbocycles. The molecule has 0 unspecified atom stereocenters. The first-order valence-electron chi connectivity index (χ1n) is 8.17. The molecule has 0 atom stereocenters. The first-order chi connectivity index (χ1) is 11.2. The third-order valence-electron chi connectivity index (χ3n) is 4.73. The number of methoxy groups -OCH3 is 1. The topological polar surface area (TPSA) is 71.2 Å². The maximum atomic E-state index is 12.7. The van der Waals surface area contributed by atoms with Crippen LogP contribution < -0.4 is 14.5 Å². The van der Waals surface area contributed by atoms with Crippen LogP contribution in [-0.4, -0.2) is 68.9 Å². The van der Waals surface area contributed by atoms with Crippen molar-refractivity contribution in [3.8, 4) is 5.75 Å². The summed E-state index contributed by atoms with van der Waals surface area (Å²) < 4.78 is 5.26. The Labute approximate surface area is 135 Å². The van der Waals surface area contributed by atoms with Crippen LogP contribution in [0.3, 0.4) is 0 Å². The van der Waals surface area contributed by atoms with Crippen molar-refractivity contribution in [2.75, 3.05) is 53.0 Å². The van der Waals surface area contributed by atoms with Gasteiger partial charge in [-0.25, -0.2) is 0 Å². The van der Waals surface area contributed by atoms with Crippen molar-refractivity contribution in [1.82, 2.24) is 4.98 Å². The average molecular weight is 319 g/mol. The highest BCUT2D eigenvalue weighted by molar-refractivity contribution is 6.08. The van der Waals surface area contributed by atoms with E-state index in [4.69, 9.17) is 9.84 Å². The van der Waals surface area contributed by atoms with Gasteiger partial charge in [0, 0.05) is 22.7 Å². The van der Waals surface area contributed by atoms with Gasteiger partial charge in [0.15, 0.2) is 0 Å². The molecule has 0 saturated carbocycles. The normalized spacial score (nSPS) is 21.5. The lowest BCUT2D eigenvalue weighted by Crippen LogP contribution is -3.28. The molecular formula is C17H25N3O3+2. The highest BCUT2D eigenvalue weighted by atomic mass is 16.5. The lowest BCUT2D eigenvalue weighted by molar-refractivity contribution is -1.01. The molecule has 0 amide bonds. The van der Waals surface area contributed by atoms with E-state index < -0.39 is 0 Å². The summed E-state index contributed by atoms with van der Waals surface area (Å²) >= 11 is 0. The molecule has 1 aliphatic rings. The number of benzene rings is 1. The predicted octanol–water partition coefficient (Wildman–Crippen LogP) is -1.87. The number of hydrogen-bond donors (Lipinski definition) is 4. The number of aromatic amines is 1. The van der Waals surface area contributed by atoms with Gasteiger partial charge >= 0.3 is 0 Å². The number of Topliss-reactive ketones (excluding diaryl/α,β-unsaturated/α-hetero) is 1. The lowest BCUT2D eigenvalue weighted by Gasteiger charge is -2.28. The SMILES string of the molecule is COc1ccc2[nH]cc(C(=O)C[NH+]3CC[NH+](CCO)CC3)c2c1. The summed E-state index contributed by atoms with van der Waals surface area (Å²) in [6.45, 7) is 5.57. The van der Waals surface area contributed by atoms with Crippen LogP contribution in [-0.2, 0) is 0 Å². The van der Waals surface area contributed by atoms with E-state index in [1.54, 1.807) is 13.3 Å². The third kappa shape index (κ3) is 3.55. The number of aromatic nitrogens is 1. The number of piperazine rings is 1. The van der Waals surface area contributed by atoms with Crippen molar-refractivity contribution in [3.63, 3.8) is 0 Å². The zero-order valence-corrected chi connectivity index (χ0v) is 13.5. The zero-order valence-electron chi connectivity index (χ0n) is 13.5. The number of ketones is 1. The summed E-state index contributed by atoms with van der Waals surface area (Å²) in [6, 6.07) is 5.74. The Bertz CT molecular complexity index is 675. The first-order valence-corrected chi connectivity index (χ1v) is 8.17. The fraction of sp³-hybridized carbons (Fsp3) is 0.471. The molecule has 3 rings (SSSR count). The fourth-order valence-corrected chi connectivity index (χ4v) is 3.32. The molecule has 0 aliphatic carbocycles. The molecule has 1 saturated heterocycles. The predicted molar refractivity (Wildman–Crippen MR) is 87.4 cm³/mol. The molecule has 6 nitrogen and oxygen atoms in total. The second-order valence-corrected chi connectivity index (χ2v) is 6.19. The summed E-state index contributed by atoms with van der Waals surface area (Å²) in [4.78, 5) is 18.6. The Balaban J connectivity index is 1.67. The summed E-state index contributed by atoms with van der Waals surface area (Å²) in [5, 5.41) is 9.93. The molecule has 23 heavy (non-hydrogen) atoms. The minimum absolute atomic E-state index is 0.171. The summed E-state index contributed by atoms with van der Waals surface area (Å²) in [5.74, 6) is 0.935.